The molecule has 3 aromatic carbocycles. The molecule has 3 aromatic rings. The Morgan fingerprint density at radius 1 is 0.765 bits per heavy atom. The minimum Gasteiger partial charge on any atom is -0.434 e. The molecule has 0 saturated carbocycles. The summed E-state index contributed by atoms with van der Waals surface area (Å²) in [6.45, 7) is 5.85. The molecule has 10 nitrogen and oxygen atoms in total. The third-order valence-corrected chi connectivity index (χ3v) is 13.3. The second kappa shape index (κ2) is 15.0. The molecule has 5 rings (SSSR count). The lowest BCUT2D eigenvalue weighted by Crippen LogP contribution is -2.48. The first-order valence-corrected chi connectivity index (χ1v) is 19.0. The van der Waals surface area contributed by atoms with Crippen LogP contribution in [0.15, 0.2) is 106 Å². The second-order valence-electron chi connectivity index (χ2n) is 12.8. The van der Waals surface area contributed by atoms with E-state index in [9.17, 15) is 13.2 Å². The number of rotatable bonds is 14. The third kappa shape index (κ3) is 8.53. The molecule has 0 N–H and O–H groups in total. The highest BCUT2D eigenvalue weighted by molar-refractivity contribution is 8.33. The van der Waals surface area contributed by atoms with Crippen LogP contribution in [0.4, 0.5) is 22.4 Å². The number of benzene rings is 3. The SMILES string of the molecule is CC1(C)OCC(C2OC(C)(C)OC2COC(=O)OCCCC(F)(F)C(F)(F)S(=O)(=O)OS(c2ccccc2)(c2ccccc2)c2ccccc2)O1. The zero-order valence-electron chi connectivity index (χ0n) is 28.3. The molecule has 2 aliphatic rings. The molecule has 0 aromatic heterocycles. The summed E-state index contributed by atoms with van der Waals surface area (Å²) < 4.78 is 127. The third-order valence-electron chi connectivity index (χ3n) is 8.00. The van der Waals surface area contributed by atoms with Crippen molar-refractivity contribution in [1.82, 2.24) is 0 Å². The Hall–Kier alpha value is -3.25. The average molecular weight is 761 g/mol. The van der Waals surface area contributed by atoms with Crippen LogP contribution in [0.1, 0.15) is 40.5 Å². The van der Waals surface area contributed by atoms with E-state index < -0.39 is 87.1 Å². The van der Waals surface area contributed by atoms with E-state index in [0.717, 1.165) is 0 Å². The summed E-state index contributed by atoms with van der Waals surface area (Å²) in [5.74, 6) is -7.02. The Kier molecular flexibility index (Phi) is 11.5. The van der Waals surface area contributed by atoms with Crippen LogP contribution >= 0.6 is 10.3 Å². The molecule has 280 valence electrons. The van der Waals surface area contributed by atoms with Gasteiger partial charge in [-0.15, -0.1) is 0 Å². The topological polar surface area (TPSA) is 116 Å². The first-order chi connectivity index (χ1) is 23.9. The number of carbonyl (C=O) groups is 1. The molecule has 0 radical (unpaired) electrons. The van der Waals surface area contributed by atoms with Crippen LogP contribution in [-0.2, 0) is 42.2 Å². The highest BCUT2D eigenvalue weighted by Gasteiger charge is 2.67. The van der Waals surface area contributed by atoms with E-state index in [1.54, 1.807) is 82.3 Å². The van der Waals surface area contributed by atoms with Gasteiger partial charge in [0.2, 0.25) is 0 Å². The summed E-state index contributed by atoms with van der Waals surface area (Å²) in [6, 6.07) is 23.2. The van der Waals surface area contributed by atoms with Gasteiger partial charge < -0.3 is 28.4 Å². The number of hydrogen-bond donors (Lipinski definition) is 0. The first-order valence-electron chi connectivity index (χ1n) is 16.1. The van der Waals surface area contributed by atoms with Gasteiger partial charge in [0.1, 0.15) is 24.9 Å². The lowest BCUT2D eigenvalue weighted by molar-refractivity contribution is -0.175. The molecule has 0 spiro atoms. The van der Waals surface area contributed by atoms with Gasteiger partial charge in [-0.2, -0.15) is 26.0 Å². The molecule has 51 heavy (non-hydrogen) atoms. The fourth-order valence-corrected chi connectivity index (χ4v) is 11.0. The molecule has 0 amide bonds. The Balaban J connectivity index is 1.24. The van der Waals surface area contributed by atoms with Crippen molar-refractivity contribution in [1.29, 1.82) is 0 Å². The summed E-state index contributed by atoms with van der Waals surface area (Å²) >= 11 is 0. The number of ether oxygens (including phenoxy) is 6. The van der Waals surface area contributed by atoms with Crippen molar-refractivity contribution in [3.05, 3.63) is 91.0 Å². The highest BCUT2D eigenvalue weighted by Crippen LogP contribution is 2.71. The van der Waals surface area contributed by atoms with E-state index in [1.165, 1.54) is 36.4 Å². The van der Waals surface area contributed by atoms with E-state index in [1.807, 2.05) is 0 Å². The summed E-state index contributed by atoms with van der Waals surface area (Å²) in [4.78, 5) is 12.9. The zero-order chi connectivity index (χ0) is 37.1. The summed E-state index contributed by atoms with van der Waals surface area (Å²) in [7, 11) is -9.87. The maximum Gasteiger partial charge on any atom is 0.508 e. The Morgan fingerprint density at radius 3 is 1.75 bits per heavy atom. The molecule has 16 heteroatoms. The normalized spacial score (nSPS) is 22.4. The molecular formula is C35H40F4O10S2. The second-order valence-corrected chi connectivity index (χ2v) is 17.2. The summed E-state index contributed by atoms with van der Waals surface area (Å²) in [6.07, 6.45) is -5.77. The first kappa shape index (κ1) is 39.0. The fourth-order valence-electron chi connectivity index (χ4n) is 5.69. The van der Waals surface area contributed by atoms with Crippen LogP contribution in [-0.4, -0.2) is 75.5 Å². The van der Waals surface area contributed by atoms with Crippen molar-refractivity contribution in [3.8, 4) is 0 Å². The van der Waals surface area contributed by atoms with Crippen molar-refractivity contribution in [2.24, 2.45) is 0 Å². The van der Waals surface area contributed by atoms with Crippen LogP contribution < -0.4 is 0 Å². The fraction of sp³-hybridized carbons (Fsp3) is 0.457. The van der Waals surface area contributed by atoms with Gasteiger partial charge in [-0.05, 0) is 80.8 Å². The van der Waals surface area contributed by atoms with Crippen molar-refractivity contribution in [2.75, 3.05) is 19.8 Å². The van der Waals surface area contributed by atoms with Gasteiger partial charge in [0, 0.05) is 21.1 Å². The number of alkyl halides is 4. The minimum absolute atomic E-state index is 0.189. The Morgan fingerprint density at radius 2 is 1.27 bits per heavy atom. The van der Waals surface area contributed by atoms with Crippen LogP contribution in [0.2, 0.25) is 0 Å². The van der Waals surface area contributed by atoms with Gasteiger partial charge in [0.25, 0.3) is 0 Å². The monoisotopic (exact) mass is 760 g/mol. The minimum atomic E-state index is -6.34. The smallest absolute Gasteiger partial charge is 0.434 e. The van der Waals surface area contributed by atoms with Crippen LogP contribution in [0.5, 0.6) is 0 Å². The predicted octanol–water partition coefficient (Wildman–Crippen LogP) is 8.06. The highest BCUT2D eigenvalue weighted by atomic mass is 32.3. The quantitative estimate of drug-likeness (QED) is 0.0908. The molecule has 2 heterocycles. The molecule has 2 aliphatic heterocycles. The predicted molar refractivity (Wildman–Crippen MR) is 177 cm³/mol. The van der Waals surface area contributed by atoms with Gasteiger partial charge in [-0.25, -0.2) is 8.42 Å². The van der Waals surface area contributed by atoms with Gasteiger partial charge in [0.05, 0.1) is 13.2 Å². The van der Waals surface area contributed by atoms with Gasteiger partial charge in [-0.3, -0.25) is 0 Å². The largest absolute Gasteiger partial charge is 0.508 e. The maximum absolute atomic E-state index is 15.6. The summed E-state index contributed by atoms with van der Waals surface area (Å²) in [5, 5.41) is -5.68. The molecular weight excluding hydrogens is 721 g/mol. The lowest BCUT2D eigenvalue weighted by atomic mass is 10.1. The molecule has 3 unspecified atom stereocenters. The van der Waals surface area contributed by atoms with Crippen molar-refractivity contribution in [2.45, 2.75) is 96.3 Å². The van der Waals surface area contributed by atoms with E-state index in [0.29, 0.717) is 0 Å². The number of carbonyl (C=O) groups excluding carboxylic acids is 1. The van der Waals surface area contributed by atoms with E-state index >= 15 is 17.6 Å². The Bertz CT molecular complexity index is 1630. The lowest BCUT2D eigenvalue weighted by Gasteiger charge is -2.40. The van der Waals surface area contributed by atoms with Crippen molar-refractivity contribution in [3.63, 3.8) is 0 Å². The van der Waals surface area contributed by atoms with Crippen LogP contribution in [0.3, 0.4) is 0 Å². The van der Waals surface area contributed by atoms with Crippen molar-refractivity contribution < 1.29 is 62.8 Å². The number of hydrogen-bond acceptors (Lipinski definition) is 10. The Labute approximate surface area is 295 Å². The number of halogens is 4. The van der Waals surface area contributed by atoms with Crippen LogP contribution in [0.25, 0.3) is 0 Å². The molecule has 2 saturated heterocycles. The summed E-state index contributed by atoms with van der Waals surface area (Å²) in [5.41, 5.74) is 0. The van der Waals surface area contributed by atoms with E-state index in [-0.39, 0.29) is 27.9 Å². The zero-order valence-corrected chi connectivity index (χ0v) is 30.0. The molecule has 0 aliphatic carbocycles. The van der Waals surface area contributed by atoms with E-state index in [2.05, 4.69) is 0 Å². The van der Waals surface area contributed by atoms with E-state index in [4.69, 9.17) is 32.1 Å². The average Bonchev–Trinajstić information content (AvgIpc) is 3.62. The standard InChI is InChI=1S/C35H40F4O10S2/c1-32(2)45-24-29(46-32)30-28(47-33(3,4)48-30)23-44-31(40)43-22-14-21-34(36,37)35(38,39)51(41,42)49-50(25-15-8-5-9-16-25,26-17-10-6-11-18-26)27-19-12-7-13-20-27/h5-13,15-20,28-30H,14,21-24H2,1-4H3. The van der Waals surface area contributed by atoms with Gasteiger partial charge in [0.15, 0.2) is 11.6 Å². The van der Waals surface area contributed by atoms with Gasteiger partial charge in [-0.1, -0.05) is 54.6 Å². The molecule has 3 atom stereocenters. The van der Waals surface area contributed by atoms with Crippen LogP contribution in [0, 0.1) is 0 Å². The molecule has 0 bridgehead atoms. The van der Waals surface area contributed by atoms with Crippen molar-refractivity contribution >= 4 is 26.6 Å². The molecule has 2 fully saturated rings. The maximum atomic E-state index is 15.6. The van der Waals surface area contributed by atoms with Gasteiger partial charge >= 0.3 is 27.5 Å².